The number of hydrogen-bond donors (Lipinski definition) is 4. The van der Waals surface area contributed by atoms with Crippen LogP contribution in [0.3, 0.4) is 0 Å². The van der Waals surface area contributed by atoms with Gasteiger partial charge in [-0.05, 0) is 60.3 Å². The highest BCUT2D eigenvalue weighted by Gasteiger charge is 2.53. The maximum atomic E-state index is 14.0. The summed E-state index contributed by atoms with van der Waals surface area (Å²) in [4.78, 5) is 71.6. The van der Waals surface area contributed by atoms with E-state index >= 15 is 0 Å². The lowest BCUT2D eigenvalue weighted by atomic mass is 10.0. The monoisotopic (exact) mass is 794 g/mol. The number of H-pyrrole nitrogens is 2. The van der Waals surface area contributed by atoms with Gasteiger partial charge in [0.2, 0.25) is 11.8 Å². The Kier molecular flexibility index (Phi) is 11.0. The third kappa shape index (κ3) is 7.65. The van der Waals surface area contributed by atoms with Crippen LogP contribution in [0.4, 0.5) is 9.59 Å². The van der Waals surface area contributed by atoms with Crippen LogP contribution in [-0.2, 0) is 28.5 Å². The molecule has 16 heteroatoms. The van der Waals surface area contributed by atoms with E-state index in [9.17, 15) is 19.2 Å². The number of alkyl carbamates (subject to hydrolysis) is 2. The molecule has 4 fully saturated rings. The van der Waals surface area contributed by atoms with Crippen molar-refractivity contribution in [2.75, 3.05) is 34.0 Å². The molecule has 4 aliphatic rings. The van der Waals surface area contributed by atoms with E-state index in [4.69, 9.17) is 28.9 Å². The summed E-state index contributed by atoms with van der Waals surface area (Å²) < 4.78 is 21.6. The molecule has 0 aliphatic carbocycles. The Morgan fingerprint density at radius 1 is 0.793 bits per heavy atom. The third-order valence-electron chi connectivity index (χ3n) is 11.9. The first-order chi connectivity index (χ1) is 28.1. The average Bonchev–Trinajstić information content (AvgIpc) is 4.10. The lowest BCUT2D eigenvalue weighted by molar-refractivity contribution is -0.153. The summed E-state index contributed by atoms with van der Waals surface area (Å²) in [5.41, 5.74) is 5.64. The average molecular weight is 795 g/mol. The third-order valence-corrected chi connectivity index (χ3v) is 11.9. The maximum absolute atomic E-state index is 14.0. The molecular weight excluding hydrogens is 745 g/mol. The van der Waals surface area contributed by atoms with Crippen LogP contribution in [0.1, 0.15) is 76.1 Å². The molecule has 5 atom stereocenters. The molecule has 1 spiro atoms. The summed E-state index contributed by atoms with van der Waals surface area (Å²) in [6.07, 6.45) is 6.75. The lowest BCUT2D eigenvalue weighted by Gasteiger charge is -2.30. The van der Waals surface area contributed by atoms with E-state index in [0.29, 0.717) is 31.9 Å². The number of benzene rings is 2. The van der Waals surface area contributed by atoms with Crippen molar-refractivity contribution in [3.8, 4) is 33.6 Å². The molecule has 2 aromatic heterocycles. The number of aromatic nitrogens is 4. The largest absolute Gasteiger partial charge is 0.453 e. The van der Waals surface area contributed by atoms with Gasteiger partial charge in [-0.2, -0.15) is 0 Å². The molecule has 4 aliphatic heterocycles. The Balaban J connectivity index is 0.949. The highest BCUT2D eigenvalue weighted by atomic mass is 16.7. The van der Waals surface area contributed by atoms with Gasteiger partial charge in [0, 0.05) is 12.5 Å². The smallest absolute Gasteiger partial charge is 0.407 e. The standard InChI is InChI=1S/C42H50N8O8/c1-24(2)35(48-41(54)56-4)39(52)49-23-42(57-18-19-58-42)20-34(49)37-44-22-32(46-37)28-14-10-26(11-15-28)25-8-12-27(13-9-25)31-21-43-36(45-31)33-17-16-29-6-5-7-30(38(51)50(29)33)47-40(53)55-3/h8-15,21-22,24,29-30,33-35H,5-7,16-20,23H2,1-4H3,(H,43,45)(H,44,46)(H,47,53)(H,48,54)/t29-,30+,33+,34+,35+/m1/s1. The van der Waals surface area contributed by atoms with Gasteiger partial charge in [-0.1, -0.05) is 62.4 Å². The van der Waals surface area contributed by atoms with Crippen LogP contribution >= 0.6 is 0 Å². The molecule has 4 amide bonds. The van der Waals surface area contributed by atoms with Crippen LogP contribution in [0, 0.1) is 5.92 Å². The first-order valence-electron chi connectivity index (χ1n) is 20.0. The van der Waals surface area contributed by atoms with E-state index in [1.165, 1.54) is 14.2 Å². The summed E-state index contributed by atoms with van der Waals surface area (Å²) in [6, 6.07) is 14.5. The quantitative estimate of drug-likeness (QED) is 0.169. The van der Waals surface area contributed by atoms with Gasteiger partial charge in [-0.3, -0.25) is 9.59 Å². The van der Waals surface area contributed by atoms with E-state index in [1.807, 2.05) is 37.1 Å². The van der Waals surface area contributed by atoms with E-state index in [0.717, 1.165) is 65.1 Å². The first-order valence-corrected chi connectivity index (χ1v) is 20.0. The Bertz CT molecular complexity index is 2130. The topological polar surface area (TPSA) is 193 Å². The highest BCUT2D eigenvalue weighted by Crippen LogP contribution is 2.43. The fourth-order valence-electron chi connectivity index (χ4n) is 8.85. The van der Waals surface area contributed by atoms with Gasteiger partial charge in [0.15, 0.2) is 5.79 Å². The Hall–Kier alpha value is -5.74. The number of aromatic amines is 2. The number of likely N-dealkylation sites (tertiary alicyclic amines) is 1. The number of ether oxygens (including phenoxy) is 4. The van der Waals surface area contributed by atoms with E-state index in [-0.39, 0.29) is 36.4 Å². The molecule has 0 unspecified atom stereocenters. The fraction of sp³-hybridized carbons (Fsp3) is 0.476. The number of hydrogen-bond acceptors (Lipinski definition) is 10. The normalized spacial score (nSPS) is 23.2. The second kappa shape index (κ2) is 16.3. The summed E-state index contributed by atoms with van der Waals surface area (Å²) in [5.74, 6) is -0.119. The maximum Gasteiger partial charge on any atom is 0.407 e. The highest BCUT2D eigenvalue weighted by molar-refractivity contribution is 5.87. The van der Waals surface area contributed by atoms with Crippen molar-refractivity contribution in [2.45, 2.75) is 88.4 Å². The molecule has 4 N–H and O–H groups in total. The molecule has 0 radical (unpaired) electrons. The van der Waals surface area contributed by atoms with Crippen LogP contribution in [-0.4, -0.2) is 112 Å². The van der Waals surface area contributed by atoms with Crippen molar-refractivity contribution in [1.82, 2.24) is 40.4 Å². The zero-order chi connectivity index (χ0) is 40.6. The second-order valence-electron chi connectivity index (χ2n) is 15.8. The Morgan fingerprint density at radius 3 is 1.93 bits per heavy atom. The molecule has 4 saturated heterocycles. The van der Waals surface area contributed by atoms with Crippen LogP contribution < -0.4 is 10.6 Å². The number of nitrogens with one attached hydrogen (secondary N) is 4. The SMILES string of the molecule is COC(=O)N[C@H]1CCC[C@@H]2CC[C@@H](c3ncc(-c4ccc(-c5ccc(-c6cnc([C@@H]7CC8(CN7C(=O)[C@@H](NC(=O)OC)C(C)C)OCCO8)[nH]6)cc5)cc4)[nH]3)N2C1=O. The molecule has 0 bridgehead atoms. The molecule has 4 aromatic rings. The number of fused-ring (bicyclic) bond motifs is 1. The predicted octanol–water partition coefficient (Wildman–Crippen LogP) is 5.47. The number of rotatable bonds is 9. The van der Waals surface area contributed by atoms with Gasteiger partial charge >= 0.3 is 12.2 Å². The van der Waals surface area contributed by atoms with Crippen LogP contribution in [0.2, 0.25) is 0 Å². The second-order valence-corrected chi connectivity index (χ2v) is 15.8. The number of carbonyl (C=O) groups excluding carboxylic acids is 4. The summed E-state index contributed by atoms with van der Waals surface area (Å²) in [7, 11) is 2.57. The van der Waals surface area contributed by atoms with Crippen molar-refractivity contribution in [3.05, 3.63) is 72.6 Å². The van der Waals surface area contributed by atoms with Gasteiger partial charge in [0.25, 0.3) is 0 Å². The predicted molar refractivity (Wildman–Crippen MR) is 211 cm³/mol. The fourth-order valence-corrected chi connectivity index (χ4v) is 8.85. The first kappa shape index (κ1) is 39.1. The Morgan fingerprint density at radius 2 is 1.36 bits per heavy atom. The van der Waals surface area contributed by atoms with Crippen molar-refractivity contribution in [3.63, 3.8) is 0 Å². The minimum atomic E-state index is -0.931. The van der Waals surface area contributed by atoms with Crippen LogP contribution in [0.25, 0.3) is 33.6 Å². The lowest BCUT2D eigenvalue weighted by Crippen LogP contribution is -2.52. The molecule has 6 heterocycles. The zero-order valence-corrected chi connectivity index (χ0v) is 33.2. The van der Waals surface area contributed by atoms with Crippen LogP contribution in [0.15, 0.2) is 60.9 Å². The zero-order valence-electron chi connectivity index (χ0n) is 33.2. The summed E-state index contributed by atoms with van der Waals surface area (Å²) >= 11 is 0. The molecule has 2 aromatic carbocycles. The molecule has 306 valence electrons. The minimum Gasteiger partial charge on any atom is -0.453 e. The Labute approximate surface area is 336 Å². The van der Waals surface area contributed by atoms with E-state index in [1.54, 1.807) is 11.1 Å². The summed E-state index contributed by atoms with van der Waals surface area (Å²) in [5, 5.41) is 5.41. The molecule has 16 nitrogen and oxygen atoms in total. The van der Waals surface area contributed by atoms with Crippen molar-refractivity contribution < 1.29 is 38.1 Å². The van der Waals surface area contributed by atoms with E-state index < -0.39 is 36.1 Å². The molecule has 0 saturated carbocycles. The molecule has 8 rings (SSSR count). The number of imidazole rings is 2. The number of amides is 4. The number of carbonyl (C=O) groups is 4. The van der Waals surface area contributed by atoms with Crippen molar-refractivity contribution in [1.29, 1.82) is 0 Å². The van der Waals surface area contributed by atoms with Gasteiger partial charge in [0.1, 0.15) is 23.7 Å². The minimum absolute atomic E-state index is 0.0855. The van der Waals surface area contributed by atoms with Gasteiger partial charge in [0.05, 0.1) is 69.8 Å². The molecule has 58 heavy (non-hydrogen) atoms. The summed E-state index contributed by atoms with van der Waals surface area (Å²) in [6.45, 7) is 4.84. The van der Waals surface area contributed by atoms with Gasteiger partial charge in [-0.25, -0.2) is 19.6 Å². The van der Waals surface area contributed by atoms with Crippen LogP contribution in [0.5, 0.6) is 0 Å². The van der Waals surface area contributed by atoms with Gasteiger partial charge < -0.3 is 49.3 Å². The van der Waals surface area contributed by atoms with Crippen molar-refractivity contribution >= 4 is 24.0 Å². The van der Waals surface area contributed by atoms with E-state index in [2.05, 4.69) is 57.0 Å². The van der Waals surface area contributed by atoms with Crippen molar-refractivity contribution in [2.24, 2.45) is 5.92 Å². The molecular formula is C42H50N8O8. The number of nitrogens with zero attached hydrogens (tertiary/aromatic N) is 4. The number of methoxy groups -OCH3 is 2. The van der Waals surface area contributed by atoms with Gasteiger partial charge in [-0.15, -0.1) is 0 Å².